The van der Waals surface area contributed by atoms with Gasteiger partial charge in [-0.3, -0.25) is 4.79 Å². The summed E-state index contributed by atoms with van der Waals surface area (Å²) in [4.78, 5) is 26.1. The summed E-state index contributed by atoms with van der Waals surface area (Å²) in [5.41, 5.74) is 0. The van der Waals surface area contributed by atoms with Gasteiger partial charge in [-0.25, -0.2) is 9.97 Å². The van der Waals surface area contributed by atoms with E-state index >= 15 is 0 Å². The summed E-state index contributed by atoms with van der Waals surface area (Å²) in [6.07, 6.45) is 1.00. The number of likely N-dealkylation sites (N-methyl/N-ethyl adjacent to an activating group) is 1. The fraction of sp³-hybridized carbons (Fsp3) is 0.533. The highest BCUT2D eigenvalue weighted by Crippen LogP contribution is 2.30. The van der Waals surface area contributed by atoms with E-state index in [9.17, 15) is 4.79 Å². The smallest absolute Gasteiger partial charge is 0.219 e. The number of hydrogen-bond donors (Lipinski definition) is 0. The Hall–Kier alpha value is -1.69. The molecule has 0 spiro atoms. The summed E-state index contributed by atoms with van der Waals surface area (Å²) in [5, 5.41) is 3.18. The van der Waals surface area contributed by atoms with Crippen molar-refractivity contribution >= 4 is 33.3 Å². The lowest BCUT2D eigenvalue weighted by Crippen LogP contribution is -2.40. The number of hydrogen-bond acceptors (Lipinski definition) is 5. The van der Waals surface area contributed by atoms with E-state index in [-0.39, 0.29) is 11.9 Å². The van der Waals surface area contributed by atoms with E-state index in [2.05, 4.69) is 26.3 Å². The predicted molar refractivity (Wildman–Crippen MR) is 85.8 cm³/mol. The Morgan fingerprint density at radius 2 is 2.33 bits per heavy atom. The van der Waals surface area contributed by atoms with Gasteiger partial charge in [0.25, 0.3) is 0 Å². The first-order valence-electron chi connectivity index (χ1n) is 7.34. The first-order chi connectivity index (χ1) is 10.1. The lowest BCUT2D eigenvalue weighted by Gasteiger charge is -2.27. The van der Waals surface area contributed by atoms with Crippen LogP contribution >= 0.6 is 11.3 Å². The number of amides is 1. The molecular formula is C15H20N4OS. The molecule has 5 nitrogen and oxygen atoms in total. The molecule has 2 aromatic heterocycles. The fourth-order valence-electron chi connectivity index (χ4n) is 3.11. The van der Waals surface area contributed by atoms with Crippen molar-refractivity contribution in [1.82, 2.24) is 14.9 Å². The summed E-state index contributed by atoms with van der Waals surface area (Å²) in [6.45, 7) is 8.19. The third kappa shape index (κ3) is 2.60. The second-order valence-corrected chi connectivity index (χ2v) is 6.32. The minimum Gasteiger partial charge on any atom is -0.354 e. The molecule has 1 fully saturated rings. The van der Waals surface area contributed by atoms with Crippen molar-refractivity contribution in [2.45, 2.75) is 33.2 Å². The molecule has 1 aliphatic rings. The SMILES string of the molecule is CCN(C(C)=O)[C@H]1CCN(c2nc(C)nc3sccc23)C1. The third-order valence-electron chi connectivity index (χ3n) is 4.07. The molecule has 1 saturated heterocycles. The number of aryl methyl sites for hydroxylation is 1. The monoisotopic (exact) mass is 304 g/mol. The van der Waals surface area contributed by atoms with Crippen LogP contribution in [0, 0.1) is 6.92 Å². The molecule has 1 aliphatic heterocycles. The van der Waals surface area contributed by atoms with Crippen LogP contribution in [-0.2, 0) is 4.79 Å². The Morgan fingerprint density at radius 1 is 1.52 bits per heavy atom. The molecule has 2 aromatic rings. The zero-order valence-corrected chi connectivity index (χ0v) is 13.5. The number of fused-ring (bicyclic) bond motifs is 1. The van der Waals surface area contributed by atoms with Crippen molar-refractivity contribution in [3.05, 3.63) is 17.3 Å². The van der Waals surface area contributed by atoms with Crippen molar-refractivity contribution in [1.29, 1.82) is 0 Å². The highest BCUT2D eigenvalue weighted by molar-refractivity contribution is 7.16. The van der Waals surface area contributed by atoms with Gasteiger partial charge in [0.15, 0.2) is 0 Å². The molecule has 3 heterocycles. The van der Waals surface area contributed by atoms with Gasteiger partial charge in [0.05, 0.1) is 11.4 Å². The minimum atomic E-state index is 0.156. The molecule has 6 heteroatoms. The molecule has 3 rings (SSSR count). The number of carbonyl (C=O) groups is 1. The van der Waals surface area contributed by atoms with E-state index in [4.69, 9.17) is 0 Å². The summed E-state index contributed by atoms with van der Waals surface area (Å²) in [5.74, 6) is 1.98. The first kappa shape index (κ1) is 14.3. The zero-order valence-electron chi connectivity index (χ0n) is 12.7. The third-order valence-corrected chi connectivity index (χ3v) is 4.87. The molecule has 0 N–H and O–H groups in total. The van der Waals surface area contributed by atoms with Crippen LogP contribution in [0.3, 0.4) is 0 Å². The van der Waals surface area contributed by atoms with Gasteiger partial charge in [-0.15, -0.1) is 11.3 Å². The van der Waals surface area contributed by atoms with E-state index < -0.39 is 0 Å². The first-order valence-corrected chi connectivity index (χ1v) is 8.22. The predicted octanol–water partition coefficient (Wildman–Crippen LogP) is 2.45. The highest BCUT2D eigenvalue weighted by Gasteiger charge is 2.30. The largest absolute Gasteiger partial charge is 0.354 e. The number of anilines is 1. The second kappa shape index (κ2) is 5.60. The van der Waals surface area contributed by atoms with E-state index in [1.807, 2.05) is 18.7 Å². The highest BCUT2D eigenvalue weighted by atomic mass is 32.1. The molecule has 1 atom stereocenters. The number of nitrogens with zero attached hydrogens (tertiary/aromatic N) is 4. The fourth-order valence-corrected chi connectivity index (χ4v) is 3.92. The molecule has 112 valence electrons. The maximum atomic E-state index is 11.7. The average molecular weight is 304 g/mol. The Kier molecular flexibility index (Phi) is 3.80. The molecule has 0 radical (unpaired) electrons. The average Bonchev–Trinajstić information content (AvgIpc) is 3.06. The van der Waals surface area contributed by atoms with Gasteiger partial charge in [-0.05, 0) is 31.7 Å². The standard InChI is InChI=1S/C15H20N4OS/c1-4-19(11(3)20)12-5-7-18(9-12)14-13-6-8-21-15(13)17-10(2)16-14/h6,8,12H,4-5,7,9H2,1-3H3/t12-/m0/s1. The van der Waals surface area contributed by atoms with Gasteiger partial charge in [-0.1, -0.05) is 0 Å². The number of carbonyl (C=O) groups excluding carboxylic acids is 1. The van der Waals surface area contributed by atoms with Crippen LogP contribution in [0.5, 0.6) is 0 Å². The Morgan fingerprint density at radius 3 is 3.05 bits per heavy atom. The van der Waals surface area contributed by atoms with Crippen LogP contribution in [0.2, 0.25) is 0 Å². The Labute approximate surface area is 128 Å². The second-order valence-electron chi connectivity index (χ2n) is 5.43. The summed E-state index contributed by atoms with van der Waals surface area (Å²) >= 11 is 1.65. The Bertz CT molecular complexity index is 669. The van der Waals surface area contributed by atoms with Gasteiger partial charge in [0, 0.05) is 26.6 Å². The van der Waals surface area contributed by atoms with Crippen LogP contribution < -0.4 is 4.90 Å². The lowest BCUT2D eigenvalue weighted by molar-refractivity contribution is -0.130. The van der Waals surface area contributed by atoms with E-state index in [0.717, 1.165) is 47.9 Å². The molecule has 0 aromatic carbocycles. The summed E-state index contributed by atoms with van der Waals surface area (Å²) < 4.78 is 0. The topological polar surface area (TPSA) is 49.3 Å². The Balaban J connectivity index is 1.88. The van der Waals surface area contributed by atoms with E-state index in [0.29, 0.717) is 0 Å². The molecule has 0 saturated carbocycles. The lowest BCUT2D eigenvalue weighted by atomic mass is 10.2. The van der Waals surface area contributed by atoms with Crippen LogP contribution in [0.4, 0.5) is 5.82 Å². The van der Waals surface area contributed by atoms with E-state index in [1.165, 1.54) is 0 Å². The summed E-state index contributed by atoms with van der Waals surface area (Å²) in [7, 11) is 0. The van der Waals surface area contributed by atoms with Crippen LogP contribution in [0.1, 0.15) is 26.1 Å². The molecule has 0 aliphatic carbocycles. The molecular weight excluding hydrogens is 284 g/mol. The molecule has 0 bridgehead atoms. The van der Waals surface area contributed by atoms with Gasteiger partial charge in [0.2, 0.25) is 5.91 Å². The van der Waals surface area contributed by atoms with Crippen molar-refractivity contribution in [3.63, 3.8) is 0 Å². The van der Waals surface area contributed by atoms with Crippen molar-refractivity contribution < 1.29 is 4.79 Å². The van der Waals surface area contributed by atoms with Crippen molar-refractivity contribution in [3.8, 4) is 0 Å². The van der Waals surface area contributed by atoms with Gasteiger partial charge in [0.1, 0.15) is 16.5 Å². The number of thiophene rings is 1. The number of rotatable bonds is 3. The van der Waals surface area contributed by atoms with Crippen LogP contribution in [-0.4, -0.2) is 46.5 Å². The number of aromatic nitrogens is 2. The quantitative estimate of drug-likeness (QED) is 0.874. The molecule has 0 unspecified atom stereocenters. The molecule has 21 heavy (non-hydrogen) atoms. The summed E-state index contributed by atoms with van der Waals surface area (Å²) in [6, 6.07) is 2.38. The maximum absolute atomic E-state index is 11.7. The zero-order chi connectivity index (χ0) is 15.0. The maximum Gasteiger partial charge on any atom is 0.219 e. The normalized spacial score (nSPS) is 18.4. The van der Waals surface area contributed by atoms with Gasteiger partial charge < -0.3 is 9.80 Å². The molecule has 1 amide bonds. The van der Waals surface area contributed by atoms with Gasteiger partial charge in [-0.2, -0.15) is 0 Å². The van der Waals surface area contributed by atoms with Crippen LogP contribution in [0.25, 0.3) is 10.2 Å². The van der Waals surface area contributed by atoms with Crippen LogP contribution in [0.15, 0.2) is 11.4 Å². The van der Waals surface area contributed by atoms with Crippen molar-refractivity contribution in [2.75, 3.05) is 24.5 Å². The van der Waals surface area contributed by atoms with Crippen molar-refractivity contribution in [2.24, 2.45) is 0 Å². The minimum absolute atomic E-state index is 0.156. The van der Waals surface area contributed by atoms with Gasteiger partial charge >= 0.3 is 0 Å². The van der Waals surface area contributed by atoms with E-state index in [1.54, 1.807) is 18.3 Å².